The molecule has 0 saturated carbocycles. The molecular formula is C22H26N2O4. The quantitative estimate of drug-likeness (QED) is 0.771. The van der Waals surface area contributed by atoms with Gasteiger partial charge in [0, 0.05) is 31.7 Å². The van der Waals surface area contributed by atoms with Crippen LogP contribution < -0.4 is 9.47 Å². The van der Waals surface area contributed by atoms with Crippen molar-refractivity contribution in [3.05, 3.63) is 60.2 Å². The molecule has 1 aliphatic rings. The largest absolute Gasteiger partial charge is 0.497 e. The molecule has 0 bridgehead atoms. The smallest absolute Gasteiger partial charge is 0.253 e. The summed E-state index contributed by atoms with van der Waals surface area (Å²) in [6, 6.07) is 16.6. The molecule has 6 heteroatoms. The third kappa shape index (κ3) is 5.25. The zero-order valence-electron chi connectivity index (χ0n) is 16.2. The molecule has 0 unspecified atom stereocenters. The van der Waals surface area contributed by atoms with Gasteiger partial charge in [-0.15, -0.1) is 0 Å². The molecule has 2 amide bonds. The highest BCUT2D eigenvalue weighted by Gasteiger charge is 2.22. The van der Waals surface area contributed by atoms with Crippen LogP contribution in [0.4, 0.5) is 0 Å². The van der Waals surface area contributed by atoms with E-state index in [-0.39, 0.29) is 11.8 Å². The predicted octanol–water partition coefficient (Wildman–Crippen LogP) is 2.84. The van der Waals surface area contributed by atoms with Gasteiger partial charge in [-0.25, -0.2) is 0 Å². The standard InChI is InChI=1S/C22H26N2O4/c1-27-19-10-8-18(9-11-19)22(26)24-14-5-13-23(15-16-24)21(25)12-17-28-20-6-3-2-4-7-20/h2-4,6-11H,5,12-17H2,1H3. The van der Waals surface area contributed by atoms with Crippen LogP contribution in [0.5, 0.6) is 11.5 Å². The maximum Gasteiger partial charge on any atom is 0.253 e. The summed E-state index contributed by atoms with van der Waals surface area (Å²) in [5.41, 5.74) is 0.636. The summed E-state index contributed by atoms with van der Waals surface area (Å²) in [5, 5.41) is 0. The number of carbonyl (C=O) groups excluding carboxylic acids is 2. The highest BCUT2D eigenvalue weighted by Crippen LogP contribution is 2.15. The van der Waals surface area contributed by atoms with Crippen molar-refractivity contribution in [1.82, 2.24) is 9.80 Å². The van der Waals surface area contributed by atoms with Crippen molar-refractivity contribution in [2.24, 2.45) is 0 Å². The monoisotopic (exact) mass is 382 g/mol. The van der Waals surface area contributed by atoms with Crippen LogP contribution in [0.2, 0.25) is 0 Å². The molecule has 1 saturated heterocycles. The van der Waals surface area contributed by atoms with Crippen LogP contribution in [0.25, 0.3) is 0 Å². The second-order valence-electron chi connectivity index (χ2n) is 6.67. The summed E-state index contributed by atoms with van der Waals surface area (Å²) < 4.78 is 10.7. The third-order valence-electron chi connectivity index (χ3n) is 4.80. The minimum atomic E-state index is -0.00985. The van der Waals surface area contributed by atoms with E-state index >= 15 is 0 Å². The summed E-state index contributed by atoms with van der Waals surface area (Å²) in [6.45, 7) is 2.75. The first kappa shape index (κ1) is 19.7. The van der Waals surface area contributed by atoms with E-state index in [0.717, 1.165) is 17.9 Å². The Kier molecular flexibility index (Phi) is 6.89. The van der Waals surface area contributed by atoms with E-state index in [1.54, 1.807) is 31.4 Å². The van der Waals surface area contributed by atoms with Gasteiger partial charge >= 0.3 is 0 Å². The van der Waals surface area contributed by atoms with Crippen LogP contribution >= 0.6 is 0 Å². The van der Waals surface area contributed by atoms with Crippen LogP contribution in [0.3, 0.4) is 0 Å². The molecule has 0 spiro atoms. The second kappa shape index (κ2) is 9.78. The first-order valence-electron chi connectivity index (χ1n) is 9.56. The molecule has 0 radical (unpaired) electrons. The van der Waals surface area contributed by atoms with Crippen molar-refractivity contribution in [1.29, 1.82) is 0 Å². The van der Waals surface area contributed by atoms with Gasteiger partial charge in [-0.05, 0) is 42.8 Å². The Labute approximate surface area is 165 Å². The molecule has 1 fully saturated rings. The lowest BCUT2D eigenvalue weighted by molar-refractivity contribution is -0.131. The number of methoxy groups -OCH3 is 1. The maximum atomic E-state index is 12.7. The fourth-order valence-electron chi connectivity index (χ4n) is 3.22. The van der Waals surface area contributed by atoms with Crippen molar-refractivity contribution < 1.29 is 19.1 Å². The number of para-hydroxylation sites is 1. The number of rotatable bonds is 6. The van der Waals surface area contributed by atoms with E-state index in [0.29, 0.717) is 44.8 Å². The Bertz CT molecular complexity index is 777. The van der Waals surface area contributed by atoms with Gasteiger partial charge in [-0.2, -0.15) is 0 Å². The van der Waals surface area contributed by atoms with E-state index in [2.05, 4.69) is 0 Å². The molecule has 6 nitrogen and oxygen atoms in total. The molecule has 1 aliphatic heterocycles. The van der Waals surface area contributed by atoms with Crippen molar-refractivity contribution in [2.45, 2.75) is 12.8 Å². The Balaban J connectivity index is 1.48. The molecule has 0 atom stereocenters. The lowest BCUT2D eigenvalue weighted by Gasteiger charge is -2.22. The average Bonchev–Trinajstić information content (AvgIpc) is 3.00. The number of carbonyl (C=O) groups is 2. The van der Waals surface area contributed by atoms with Gasteiger partial charge in [0.25, 0.3) is 5.91 Å². The number of nitrogens with zero attached hydrogens (tertiary/aromatic N) is 2. The SMILES string of the molecule is COc1ccc(C(=O)N2CCCN(C(=O)CCOc3ccccc3)CC2)cc1. The minimum absolute atomic E-state index is 0.00985. The van der Waals surface area contributed by atoms with E-state index in [4.69, 9.17) is 9.47 Å². The fourth-order valence-corrected chi connectivity index (χ4v) is 3.22. The lowest BCUT2D eigenvalue weighted by Crippen LogP contribution is -2.37. The number of amides is 2. The molecule has 3 rings (SSSR count). The van der Waals surface area contributed by atoms with Crippen LogP contribution in [-0.4, -0.2) is 61.5 Å². The predicted molar refractivity (Wildman–Crippen MR) is 107 cm³/mol. The Hall–Kier alpha value is -3.02. The van der Waals surface area contributed by atoms with Crippen molar-refractivity contribution in [2.75, 3.05) is 39.9 Å². The summed E-state index contributed by atoms with van der Waals surface area (Å²) in [4.78, 5) is 28.9. The Morgan fingerprint density at radius 3 is 2.25 bits per heavy atom. The number of ether oxygens (including phenoxy) is 2. The fraction of sp³-hybridized carbons (Fsp3) is 0.364. The van der Waals surface area contributed by atoms with Gasteiger partial charge < -0.3 is 19.3 Å². The van der Waals surface area contributed by atoms with Gasteiger partial charge in [0.1, 0.15) is 11.5 Å². The highest BCUT2D eigenvalue weighted by atomic mass is 16.5. The molecule has 0 aliphatic carbocycles. The van der Waals surface area contributed by atoms with Crippen LogP contribution in [0, 0.1) is 0 Å². The van der Waals surface area contributed by atoms with Crippen molar-refractivity contribution >= 4 is 11.8 Å². The van der Waals surface area contributed by atoms with Crippen LogP contribution in [-0.2, 0) is 4.79 Å². The van der Waals surface area contributed by atoms with Gasteiger partial charge in [0.05, 0.1) is 20.1 Å². The molecule has 148 valence electrons. The van der Waals surface area contributed by atoms with Crippen LogP contribution in [0.1, 0.15) is 23.2 Å². The van der Waals surface area contributed by atoms with E-state index in [9.17, 15) is 9.59 Å². The van der Waals surface area contributed by atoms with Crippen molar-refractivity contribution in [3.8, 4) is 11.5 Å². The van der Waals surface area contributed by atoms with Gasteiger partial charge in [-0.3, -0.25) is 9.59 Å². The first-order chi connectivity index (χ1) is 13.7. The van der Waals surface area contributed by atoms with Crippen molar-refractivity contribution in [3.63, 3.8) is 0 Å². The van der Waals surface area contributed by atoms with E-state index < -0.39 is 0 Å². The van der Waals surface area contributed by atoms with E-state index in [1.807, 2.05) is 40.1 Å². The number of benzene rings is 2. The highest BCUT2D eigenvalue weighted by molar-refractivity contribution is 5.94. The Morgan fingerprint density at radius 1 is 0.857 bits per heavy atom. The first-order valence-corrected chi connectivity index (χ1v) is 9.56. The summed E-state index contributed by atoms with van der Waals surface area (Å²) in [5.74, 6) is 1.54. The van der Waals surface area contributed by atoms with Gasteiger partial charge in [-0.1, -0.05) is 18.2 Å². The van der Waals surface area contributed by atoms with Gasteiger partial charge in [0.15, 0.2) is 0 Å². The number of hydrogen-bond acceptors (Lipinski definition) is 4. The minimum Gasteiger partial charge on any atom is -0.497 e. The third-order valence-corrected chi connectivity index (χ3v) is 4.80. The van der Waals surface area contributed by atoms with Crippen LogP contribution in [0.15, 0.2) is 54.6 Å². The average molecular weight is 382 g/mol. The topological polar surface area (TPSA) is 59.1 Å². The summed E-state index contributed by atoms with van der Waals surface area (Å²) in [7, 11) is 1.60. The normalized spacial score (nSPS) is 14.3. The molecule has 1 heterocycles. The zero-order valence-corrected chi connectivity index (χ0v) is 16.2. The Morgan fingerprint density at radius 2 is 1.54 bits per heavy atom. The molecule has 0 N–H and O–H groups in total. The molecule has 28 heavy (non-hydrogen) atoms. The van der Waals surface area contributed by atoms with E-state index in [1.165, 1.54) is 0 Å². The zero-order chi connectivity index (χ0) is 19.8. The maximum absolute atomic E-state index is 12.7. The summed E-state index contributed by atoms with van der Waals surface area (Å²) >= 11 is 0. The summed E-state index contributed by atoms with van der Waals surface area (Å²) in [6.07, 6.45) is 1.11. The molecule has 2 aromatic carbocycles. The van der Waals surface area contributed by atoms with Gasteiger partial charge in [0.2, 0.25) is 5.91 Å². The lowest BCUT2D eigenvalue weighted by atomic mass is 10.2. The molecular weight excluding hydrogens is 356 g/mol. The number of hydrogen-bond donors (Lipinski definition) is 0. The molecule has 2 aromatic rings. The molecule has 0 aromatic heterocycles. The second-order valence-corrected chi connectivity index (χ2v) is 6.67.